The van der Waals surface area contributed by atoms with Crippen LogP contribution in [0.2, 0.25) is 0 Å². The Morgan fingerprint density at radius 1 is 1.39 bits per heavy atom. The number of amides is 1. The second kappa shape index (κ2) is 8.28. The first-order valence-corrected chi connectivity index (χ1v) is 9.90. The molecule has 3 aliphatic rings. The Balaban J connectivity index is 1.34. The van der Waals surface area contributed by atoms with Crippen LogP contribution in [0.15, 0.2) is 30.5 Å². The molecule has 8 nitrogen and oxygen atoms in total. The summed E-state index contributed by atoms with van der Waals surface area (Å²) in [4.78, 5) is 15.3. The molecule has 1 amide bonds. The van der Waals surface area contributed by atoms with Gasteiger partial charge in [0.15, 0.2) is 0 Å². The van der Waals surface area contributed by atoms with Gasteiger partial charge in [0.05, 0.1) is 25.3 Å². The number of nitrogens with two attached hydrogens (primary N) is 1. The molecule has 1 unspecified atom stereocenters. The van der Waals surface area contributed by atoms with E-state index in [-0.39, 0.29) is 11.8 Å². The highest BCUT2D eigenvalue weighted by Crippen LogP contribution is 2.37. The van der Waals surface area contributed by atoms with Crippen LogP contribution in [0, 0.1) is 11.8 Å². The minimum absolute atomic E-state index is 0.0510. The number of fused-ring (bicyclic) bond motifs is 3. The Morgan fingerprint density at radius 2 is 2.25 bits per heavy atom. The van der Waals surface area contributed by atoms with Crippen molar-refractivity contribution in [1.82, 2.24) is 25.2 Å². The van der Waals surface area contributed by atoms with E-state index < -0.39 is 0 Å². The van der Waals surface area contributed by atoms with Crippen molar-refractivity contribution in [2.45, 2.75) is 38.5 Å². The first kappa shape index (κ1) is 18.9. The van der Waals surface area contributed by atoms with E-state index in [1.165, 1.54) is 0 Å². The lowest BCUT2D eigenvalue weighted by atomic mass is 9.75. The van der Waals surface area contributed by atoms with Crippen LogP contribution >= 0.6 is 0 Å². The zero-order valence-corrected chi connectivity index (χ0v) is 16.3. The van der Waals surface area contributed by atoms with Crippen LogP contribution in [0.4, 0.5) is 0 Å². The predicted molar refractivity (Wildman–Crippen MR) is 104 cm³/mol. The van der Waals surface area contributed by atoms with E-state index in [1.54, 1.807) is 7.11 Å². The van der Waals surface area contributed by atoms with Gasteiger partial charge < -0.3 is 15.8 Å². The van der Waals surface area contributed by atoms with Gasteiger partial charge in [0.25, 0.3) is 0 Å². The van der Waals surface area contributed by atoms with Crippen molar-refractivity contribution in [2.24, 2.45) is 17.6 Å². The lowest BCUT2D eigenvalue weighted by Gasteiger charge is -2.49. The van der Waals surface area contributed by atoms with E-state index in [0.717, 1.165) is 49.5 Å². The maximum absolute atomic E-state index is 12.8. The van der Waals surface area contributed by atoms with Crippen LogP contribution in [-0.2, 0) is 24.4 Å². The molecule has 1 aromatic heterocycles. The molecule has 3 aliphatic heterocycles. The molecule has 4 atom stereocenters. The molecular weight excluding hydrogens is 356 g/mol. The highest BCUT2D eigenvalue weighted by molar-refractivity contribution is 5.79. The average Bonchev–Trinajstić information content (AvgIpc) is 3.20. The van der Waals surface area contributed by atoms with Crippen molar-refractivity contribution in [3.63, 3.8) is 0 Å². The van der Waals surface area contributed by atoms with Crippen LogP contribution in [0.3, 0.4) is 0 Å². The zero-order chi connectivity index (χ0) is 19.5. The van der Waals surface area contributed by atoms with Gasteiger partial charge in [-0.3, -0.25) is 14.4 Å². The van der Waals surface area contributed by atoms with Gasteiger partial charge in [0.1, 0.15) is 5.75 Å². The van der Waals surface area contributed by atoms with Gasteiger partial charge in [-0.15, -0.1) is 5.10 Å². The van der Waals surface area contributed by atoms with Crippen LogP contribution in [0.1, 0.15) is 24.1 Å². The molecule has 3 fully saturated rings. The maximum atomic E-state index is 12.8. The monoisotopic (exact) mass is 384 g/mol. The number of para-hydroxylation sites is 1. The first-order valence-electron chi connectivity index (χ1n) is 9.90. The van der Waals surface area contributed by atoms with Crippen molar-refractivity contribution in [2.75, 3.05) is 20.2 Å². The van der Waals surface area contributed by atoms with Crippen molar-refractivity contribution < 1.29 is 9.53 Å². The van der Waals surface area contributed by atoms with Crippen molar-refractivity contribution in [3.8, 4) is 5.75 Å². The fourth-order valence-corrected chi connectivity index (χ4v) is 4.52. The van der Waals surface area contributed by atoms with E-state index in [0.29, 0.717) is 25.0 Å². The summed E-state index contributed by atoms with van der Waals surface area (Å²) in [5.41, 5.74) is 7.43. The molecule has 28 heavy (non-hydrogen) atoms. The van der Waals surface area contributed by atoms with Gasteiger partial charge in [-0.1, -0.05) is 23.4 Å². The molecule has 0 radical (unpaired) electrons. The summed E-state index contributed by atoms with van der Waals surface area (Å²) in [6, 6.07) is 8.20. The number of rotatable bonds is 7. The summed E-state index contributed by atoms with van der Waals surface area (Å²) in [5.74, 6) is 1.42. The highest BCUT2D eigenvalue weighted by atomic mass is 16.5. The number of benzene rings is 1. The molecule has 1 aromatic carbocycles. The average molecular weight is 384 g/mol. The quantitative estimate of drug-likeness (QED) is 0.732. The minimum atomic E-state index is 0.0510. The highest BCUT2D eigenvalue weighted by Gasteiger charge is 2.43. The molecule has 0 saturated carbocycles. The lowest BCUT2D eigenvalue weighted by molar-refractivity contribution is -0.133. The van der Waals surface area contributed by atoms with E-state index >= 15 is 0 Å². The Labute approximate surface area is 165 Å². The number of hydrogen-bond acceptors (Lipinski definition) is 6. The third-order valence-electron chi connectivity index (χ3n) is 6.05. The van der Waals surface area contributed by atoms with Gasteiger partial charge in [0.2, 0.25) is 5.91 Å². The van der Waals surface area contributed by atoms with Crippen molar-refractivity contribution in [3.05, 3.63) is 41.7 Å². The molecule has 3 saturated heterocycles. The Kier molecular flexibility index (Phi) is 5.59. The van der Waals surface area contributed by atoms with Crippen molar-refractivity contribution in [1.29, 1.82) is 0 Å². The van der Waals surface area contributed by atoms with E-state index in [9.17, 15) is 4.79 Å². The van der Waals surface area contributed by atoms with Crippen molar-refractivity contribution >= 4 is 5.91 Å². The summed E-state index contributed by atoms with van der Waals surface area (Å²) in [6.07, 6.45) is 4.01. The van der Waals surface area contributed by atoms with Crippen LogP contribution in [-0.4, -0.2) is 52.0 Å². The van der Waals surface area contributed by atoms with Crippen LogP contribution in [0.25, 0.3) is 0 Å². The molecule has 8 heteroatoms. The Hall–Kier alpha value is -2.45. The second-order valence-corrected chi connectivity index (χ2v) is 7.71. The molecular formula is C20H28N6O2. The molecule has 2 bridgehead atoms. The van der Waals surface area contributed by atoms with Crippen LogP contribution < -0.4 is 15.8 Å². The third kappa shape index (κ3) is 3.88. The maximum Gasteiger partial charge on any atom is 0.224 e. The van der Waals surface area contributed by atoms with Gasteiger partial charge in [-0.25, -0.2) is 0 Å². The largest absolute Gasteiger partial charge is 0.496 e. The standard InChI is InChI=1S/C20H28N6O2/c1-28-19-5-3-2-4-15(19)10-22-20(27)18-13-25-7-6-14(18)8-17(25)12-26-11-16(9-21)23-24-26/h2-5,11,14,17-18H,6-10,12-13,21H2,1H3,(H,22,27)/t14-,17-,18-/m1/s1. The number of carbonyl (C=O) groups excluding carboxylic acids is 1. The molecule has 0 spiro atoms. The number of methoxy groups -OCH3 is 1. The van der Waals surface area contributed by atoms with E-state index in [2.05, 4.69) is 20.5 Å². The topological polar surface area (TPSA) is 98.3 Å². The number of nitrogens with zero attached hydrogens (tertiary/aromatic N) is 4. The molecule has 5 rings (SSSR count). The Morgan fingerprint density at radius 3 is 2.96 bits per heavy atom. The number of nitrogens with one attached hydrogen (secondary N) is 1. The SMILES string of the molecule is COc1ccccc1CNC(=O)[C@@H]1CN2CC[C@@H]1C[C@@H]2Cn1cc(CN)nn1. The zero-order valence-electron chi connectivity index (χ0n) is 16.3. The van der Waals surface area contributed by atoms with E-state index in [4.69, 9.17) is 10.5 Å². The number of hydrogen-bond donors (Lipinski definition) is 2. The predicted octanol–water partition coefficient (Wildman–Crippen LogP) is 0.772. The summed E-state index contributed by atoms with van der Waals surface area (Å²) in [7, 11) is 1.65. The van der Waals surface area contributed by atoms with Gasteiger partial charge in [0, 0.05) is 37.4 Å². The minimum Gasteiger partial charge on any atom is -0.496 e. The third-order valence-corrected chi connectivity index (χ3v) is 6.05. The second-order valence-electron chi connectivity index (χ2n) is 7.71. The summed E-state index contributed by atoms with van der Waals surface area (Å²) < 4.78 is 7.25. The molecule has 2 aromatic rings. The smallest absolute Gasteiger partial charge is 0.224 e. The lowest BCUT2D eigenvalue weighted by Crippen LogP contribution is -2.58. The van der Waals surface area contributed by atoms with Gasteiger partial charge in [-0.05, 0) is 31.4 Å². The van der Waals surface area contributed by atoms with Gasteiger partial charge >= 0.3 is 0 Å². The Bertz CT molecular complexity index is 823. The fraction of sp³-hybridized carbons (Fsp3) is 0.550. The normalized spacial score (nSPS) is 26.2. The fourth-order valence-electron chi connectivity index (χ4n) is 4.52. The first-order chi connectivity index (χ1) is 13.7. The van der Waals surface area contributed by atoms with Crippen LogP contribution in [0.5, 0.6) is 5.75 Å². The molecule has 0 aliphatic carbocycles. The molecule has 4 heterocycles. The van der Waals surface area contributed by atoms with E-state index in [1.807, 2.05) is 35.1 Å². The number of aromatic nitrogens is 3. The number of carbonyl (C=O) groups is 1. The molecule has 150 valence electrons. The van der Waals surface area contributed by atoms with Gasteiger partial charge in [-0.2, -0.15) is 0 Å². The number of ether oxygens (including phenoxy) is 1. The summed E-state index contributed by atoms with van der Waals surface area (Å²) in [5, 5.41) is 11.4. The molecule has 3 N–H and O–H groups in total. The summed E-state index contributed by atoms with van der Waals surface area (Å²) in [6.45, 7) is 3.57. The number of piperidine rings is 3. The summed E-state index contributed by atoms with van der Waals surface area (Å²) >= 11 is 0.